The van der Waals surface area contributed by atoms with Gasteiger partial charge < -0.3 is 36.0 Å². The van der Waals surface area contributed by atoms with Crippen molar-refractivity contribution in [2.24, 2.45) is 17.6 Å². The fourth-order valence-corrected chi connectivity index (χ4v) is 2.85. The minimum Gasteiger partial charge on any atom is -0.455 e. The van der Waals surface area contributed by atoms with Crippen LogP contribution in [0.15, 0.2) is 0 Å². The number of ether oxygens (including phenoxy) is 1. The Balaban J connectivity index is 0.000000823. The van der Waals surface area contributed by atoms with E-state index in [4.69, 9.17) is 25.8 Å². The molecule has 0 aromatic carbocycles. The number of aliphatic hydroxyl groups excluding tert-OH is 5. The molecule has 0 aromatic heterocycles. The molecule has 3 unspecified atom stereocenters. The third-order valence-corrected chi connectivity index (χ3v) is 4.71. The van der Waals surface area contributed by atoms with Crippen molar-refractivity contribution >= 4 is 5.97 Å². The summed E-state index contributed by atoms with van der Waals surface area (Å²) in [6.45, 7) is 4.63. The molecule has 0 radical (unpaired) electrons. The Bertz CT molecular complexity index is 376. The third-order valence-electron chi connectivity index (χ3n) is 4.71. The summed E-state index contributed by atoms with van der Waals surface area (Å²) in [7, 11) is 0. The summed E-state index contributed by atoms with van der Waals surface area (Å²) in [6, 6.07) is -1.06. The Morgan fingerprint density at radius 1 is 1.20 bits per heavy atom. The fourth-order valence-electron chi connectivity index (χ4n) is 2.85. The summed E-state index contributed by atoms with van der Waals surface area (Å²) >= 11 is 0. The lowest BCUT2D eigenvalue weighted by Gasteiger charge is -2.38. The van der Waals surface area contributed by atoms with Gasteiger partial charge in [0.2, 0.25) is 0 Å². The van der Waals surface area contributed by atoms with Crippen LogP contribution in [0.5, 0.6) is 0 Å². The maximum Gasteiger partial charge on any atom is 0.326 e. The molecule has 1 rings (SSSR count). The van der Waals surface area contributed by atoms with Gasteiger partial charge in [0, 0.05) is 0 Å². The van der Waals surface area contributed by atoms with Gasteiger partial charge >= 0.3 is 5.97 Å². The van der Waals surface area contributed by atoms with Crippen LogP contribution in [-0.2, 0) is 9.53 Å². The van der Waals surface area contributed by atoms with Gasteiger partial charge in [0.05, 0.1) is 25.9 Å². The van der Waals surface area contributed by atoms with Crippen LogP contribution in [-0.4, -0.2) is 75.2 Å². The Hall–Kier alpha value is -0.770. The largest absolute Gasteiger partial charge is 0.455 e. The molecule has 1 aliphatic rings. The van der Waals surface area contributed by atoms with Crippen LogP contribution >= 0.6 is 0 Å². The van der Waals surface area contributed by atoms with E-state index in [1.54, 1.807) is 0 Å². The third kappa shape index (κ3) is 7.98. The summed E-state index contributed by atoms with van der Waals surface area (Å²) in [5.41, 5.74) is 4.74. The van der Waals surface area contributed by atoms with Crippen LogP contribution in [0.25, 0.3) is 0 Å². The van der Waals surface area contributed by atoms with Crippen molar-refractivity contribution in [1.82, 2.24) is 0 Å². The van der Waals surface area contributed by atoms with E-state index in [9.17, 15) is 15.0 Å². The Labute approximate surface area is 149 Å². The zero-order valence-electron chi connectivity index (χ0n) is 15.5. The smallest absolute Gasteiger partial charge is 0.326 e. The molecule has 1 saturated carbocycles. The maximum atomic E-state index is 12.0. The summed E-state index contributed by atoms with van der Waals surface area (Å²) in [5, 5.41) is 43.1. The van der Waals surface area contributed by atoms with Crippen molar-refractivity contribution in [2.75, 3.05) is 19.8 Å². The lowest BCUT2D eigenvalue weighted by molar-refractivity contribution is -0.178. The monoisotopic (exact) mass is 365 g/mol. The SMILES string of the molecule is CC1CCCC(C)C(CO)(OC(=O)[C@@H](N)[C@@H](C)O)C1.OCC(O)CO. The number of hydrogen-bond acceptors (Lipinski definition) is 8. The molecule has 0 saturated heterocycles. The molecule has 0 aliphatic heterocycles. The van der Waals surface area contributed by atoms with Crippen molar-refractivity contribution in [2.45, 2.75) is 70.3 Å². The molecule has 150 valence electrons. The number of aliphatic hydroxyl groups is 5. The Morgan fingerprint density at radius 2 is 1.76 bits per heavy atom. The minimum atomic E-state index is -1.06. The Kier molecular flexibility index (Phi) is 11.4. The lowest BCUT2D eigenvalue weighted by atomic mass is 9.82. The van der Waals surface area contributed by atoms with Crippen molar-refractivity contribution < 1.29 is 35.1 Å². The van der Waals surface area contributed by atoms with Crippen molar-refractivity contribution in [1.29, 1.82) is 0 Å². The minimum absolute atomic E-state index is 0.0904. The highest BCUT2D eigenvalue weighted by Crippen LogP contribution is 2.38. The molecular weight excluding hydrogens is 330 g/mol. The molecule has 0 amide bonds. The first kappa shape index (κ1) is 24.2. The molecule has 5 atom stereocenters. The molecule has 8 heteroatoms. The highest BCUT2D eigenvalue weighted by Gasteiger charge is 2.43. The van der Waals surface area contributed by atoms with E-state index in [0.717, 1.165) is 19.3 Å². The number of carbonyl (C=O) groups is 1. The normalized spacial score (nSPS) is 29.2. The fraction of sp³-hybridized carbons (Fsp3) is 0.941. The highest BCUT2D eigenvalue weighted by atomic mass is 16.6. The summed E-state index contributed by atoms with van der Waals surface area (Å²) in [5.74, 6) is -0.148. The van der Waals surface area contributed by atoms with E-state index in [1.165, 1.54) is 6.92 Å². The van der Waals surface area contributed by atoms with Crippen LogP contribution in [0, 0.1) is 11.8 Å². The predicted octanol–water partition coefficient (Wildman–Crippen LogP) is -0.853. The first-order valence-electron chi connectivity index (χ1n) is 8.80. The predicted molar refractivity (Wildman–Crippen MR) is 92.5 cm³/mol. The number of esters is 1. The van der Waals surface area contributed by atoms with E-state index >= 15 is 0 Å². The van der Waals surface area contributed by atoms with Gasteiger partial charge in [0.25, 0.3) is 0 Å². The van der Waals surface area contributed by atoms with Gasteiger partial charge in [-0.25, -0.2) is 0 Å². The Morgan fingerprint density at radius 3 is 2.16 bits per heavy atom. The van der Waals surface area contributed by atoms with E-state index in [0.29, 0.717) is 12.3 Å². The van der Waals surface area contributed by atoms with Gasteiger partial charge in [-0.3, -0.25) is 4.79 Å². The van der Waals surface area contributed by atoms with Gasteiger partial charge in [-0.05, 0) is 31.6 Å². The molecule has 1 aliphatic carbocycles. The molecule has 0 bridgehead atoms. The van der Waals surface area contributed by atoms with E-state index in [-0.39, 0.29) is 25.7 Å². The summed E-state index contributed by atoms with van der Waals surface area (Å²) in [4.78, 5) is 12.0. The second-order valence-corrected chi connectivity index (χ2v) is 7.07. The standard InChI is InChI=1S/C14H27NO4.C3H8O3/c1-9-5-4-6-10(2)14(7-9,8-16)19-13(18)12(15)11(3)17;4-1-3(6)2-5/h9-12,16-17H,4-8,15H2,1-3H3;3-6H,1-2H2/t9?,10?,11-,12+,14?;/m1./s1. The number of carbonyl (C=O) groups excluding carboxylic acids is 1. The van der Waals surface area contributed by atoms with Crippen LogP contribution in [0.4, 0.5) is 0 Å². The molecule has 0 aromatic rings. The second kappa shape index (κ2) is 11.8. The van der Waals surface area contributed by atoms with Gasteiger partial charge in [-0.15, -0.1) is 0 Å². The zero-order valence-corrected chi connectivity index (χ0v) is 15.5. The average Bonchev–Trinajstić information content (AvgIpc) is 2.72. The molecule has 8 nitrogen and oxygen atoms in total. The first-order chi connectivity index (χ1) is 11.6. The van der Waals surface area contributed by atoms with Gasteiger partial charge in [-0.1, -0.05) is 26.7 Å². The second-order valence-electron chi connectivity index (χ2n) is 7.07. The molecular formula is C17H35NO7. The van der Waals surface area contributed by atoms with Crippen molar-refractivity contribution in [3.8, 4) is 0 Å². The van der Waals surface area contributed by atoms with Gasteiger partial charge in [0.15, 0.2) is 0 Å². The average molecular weight is 365 g/mol. The summed E-state index contributed by atoms with van der Waals surface area (Å²) < 4.78 is 5.54. The van der Waals surface area contributed by atoms with Gasteiger partial charge in [-0.2, -0.15) is 0 Å². The van der Waals surface area contributed by atoms with Crippen molar-refractivity contribution in [3.05, 3.63) is 0 Å². The maximum absolute atomic E-state index is 12.0. The highest BCUT2D eigenvalue weighted by molar-refractivity contribution is 5.76. The molecule has 1 fully saturated rings. The first-order valence-corrected chi connectivity index (χ1v) is 8.80. The lowest BCUT2D eigenvalue weighted by Crippen LogP contribution is -2.51. The van der Waals surface area contributed by atoms with E-state index in [1.807, 2.05) is 6.92 Å². The van der Waals surface area contributed by atoms with Gasteiger partial charge in [0.1, 0.15) is 17.7 Å². The van der Waals surface area contributed by atoms with Crippen LogP contribution in [0.1, 0.15) is 46.5 Å². The van der Waals surface area contributed by atoms with Crippen LogP contribution in [0.3, 0.4) is 0 Å². The molecule has 7 N–H and O–H groups in total. The van der Waals surface area contributed by atoms with Crippen LogP contribution < -0.4 is 5.73 Å². The van der Waals surface area contributed by atoms with E-state index < -0.39 is 29.8 Å². The molecule has 25 heavy (non-hydrogen) atoms. The van der Waals surface area contributed by atoms with E-state index in [2.05, 4.69) is 6.92 Å². The van der Waals surface area contributed by atoms with Crippen LogP contribution in [0.2, 0.25) is 0 Å². The quantitative estimate of drug-likeness (QED) is 0.263. The topological polar surface area (TPSA) is 153 Å². The number of hydrogen-bond donors (Lipinski definition) is 6. The summed E-state index contributed by atoms with van der Waals surface area (Å²) in [6.07, 6.45) is 1.80. The molecule has 0 spiro atoms. The van der Waals surface area contributed by atoms with Crippen molar-refractivity contribution in [3.63, 3.8) is 0 Å². The molecule has 0 heterocycles. The number of nitrogens with two attached hydrogens (primary N) is 1. The number of rotatable bonds is 6. The zero-order chi connectivity index (χ0) is 19.6.